The summed E-state index contributed by atoms with van der Waals surface area (Å²) >= 11 is 0. The van der Waals surface area contributed by atoms with Gasteiger partial charge in [-0.05, 0) is 59.7 Å². The van der Waals surface area contributed by atoms with Crippen LogP contribution in [0.15, 0.2) is 42.7 Å². The highest BCUT2D eigenvalue weighted by atomic mass is 16.5. The maximum Gasteiger partial charge on any atom is 0.255 e. The van der Waals surface area contributed by atoms with E-state index in [1.54, 1.807) is 25.4 Å². The molecule has 0 unspecified atom stereocenters. The minimum Gasteiger partial charge on any atom is -0.497 e. The number of benzene rings is 1. The molecular weight excluding hydrogens is 344 g/mol. The molecule has 1 atom stereocenters. The van der Waals surface area contributed by atoms with Gasteiger partial charge in [-0.2, -0.15) is 4.52 Å². The summed E-state index contributed by atoms with van der Waals surface area (Å²) in [5.41, 5.74) is 3.18. The molecule has 3 heterocycles. The van der Waals surface area contributed by atoms with E-state index in [1.807, 2.05) is 32.2 Å². The summed E-state index contributed by atoms with van der Waals surface area (Å²) < 4.78 is 8.91. The van der Waals surface area contributed by atoms with Crippen LogP contribution in [0.4, 0.5) is 0 Å². The van der Waals surface area contributed by atoms with Crippen LogP contribution < -0.4 is 10.1 Å². The summed E-state index contributed by atoms with van der Waals surface area (Å²) in [5.74, 6) is 0.623. The van der Waals surface area contributed by atoms with E-state index in [9.17, 15) is 4.79 Å². The van der Waals surface area contributed by atoms with Crippen LogP contribution in [0.1, 0.15) is 22.8 Å². The van der Waals surface area contributed by atoms with Crippen molar-refractivity contribution in [3.05, 3.63) is 53.9 Å². The smallest absolute Gasteiger partial charge is 0.255 e. The lowest BCUT2D eigenvalue weighted by Crippen LogP contribution is -2.34. The number of fused-ring (bicyclic) bond motifs is 2. The van der Waals surface area contributed by atoms with Gasteiger partial charge in [-0.3, -0.25) is 4.79 Å². The molecule has 4 aromatic rings. The number of amides is 1. The average Bonchev–Trinajstić information content (AvgIpc) is 3.26. The second-order valence-corrected chi connectivity index (χ2v) is 6.60. The lowest BCUT2D eigenvalue weighted by atomic mass is 10.1. The summed E-state index contributed by atoms with van der Waals surface area (Å²) in [5, 5.41) is 15.5. The van der Waals surface area contributed by atoms with Crippen molar-refractivity contribution in [2.75, 3.05) is 7.11 Å². The van der Waals surface area contributed by atoms with Gasteiger partial charge in [0.15, 0.2) is 5.65 Å². The third-order valence-corrected chi connectivity index (χ3v) is 4.65. The van der Waals surface area contributed by atoms with E-state index >= 15 is 0 Å². The number of carbonyl (C=O) groups is 1. The maximum atomic E-state index is 12.7. The lowest BCUT2D eigenvalue weighted by molar-refractivity contribution is 0.0941. The molecule has 0 radical (unpaired) electrons. The van der Waals surface area contributed by atoms with Crippen LogP contribution in [0.3, 0.4) is 0 Å². The van der Waals surface area contributed by atoms with Crippen molar-refractivity contribution >= 4 is 22.5 Å². The number of pyridine rings is 1. The van der Waals surface area contributed by atoms with E-state index in [4.69, 9.17) is 4.74 Å². The van der Waals surface area contributed by atoms with Gasteiger partial charge in [0.1, 0.15) is 5.75 Å². The molecule has 27 heavy (non-hydrogen) atoms. The van der Waals surface area contributed by atoms with Gasteiger partial charge < -0.3 is 14.6 Å². The van der Waals surface area contributed by atoms with Crippen molar-refractivity contribution in [2.24, 2.45) is 7.05 Å². The molecule has 3 aromatic heterocycles. The summed E-state index contributed by atoms with van der Waals surface area (Å²) in [7, 11) is 3.67. The molecule has 0 aliphatic carbocycles. The summed E-state index contributed by atoms with van der Waals surface area (Å²) in [4.78, 5) is 12.7. The zero-order chi connectivity index (χ0) is 19.0. The number of carbonyl (C=O) groups excluding carboxylic acids is 1. The van der Waals surface area contributed by atoms with Crippen molar-refractivity contribution < 1.29 is 9.53 Å². The quantitative estimate of drug-likeness (QED) is 0.585. The monoisotopic (exact) mass is 364 g/mol. The Hall–Kier alpha value is -3.42. The topological polar surface area (TPSA) is 86.3 Å². The number of ether oxygens (including phenoxy) is 1. The van der Waals surface area contributed by atoms with Gasteiger partial charge in [0, 0.05) is 36.4 Å². The lowest BCUT2D eigenvalue weighted by Gasteiger charge is -2.14. The van der Waals surface area contributed by atoms with E-state index in [-0.39, 0.29) is 11.9 Å². The van der Waals surface area contributed by atoms with Crippen LogP contribution in [0, 0.1) is 0 Å². The third kappa shape index (κ3) is 3.10. The third-order valence-electron chi connectivity index (χ3n) is 4.65. The molecular formula is C19H20N6O2. The SMILES string of the molecule is COc1ccc2c(c1)c(C[C@H](C)NC(=O)c1cccn3nnnc13)cn2C. The van der Waals surface area contributed by atoms with E-state index in [0.717, 1.165) is 22.2 Å². The molecule has 4 rings (SSSR count). The number of hydrogen-bond donors (Lipinski definition) is 1. The molecule has 0 aliphatic rings. The highest BCUT2D eigenvalue weighted by Crippen LogP contribution is 2.26. The Morgan fingerprint density at radius 3 is 3.00 bits per heavy atom. The predicted octanol–water partition coefficient (Wildman–Crippen LogP) is 1.99. The van der Waals surface area contributed by atoms with Crippen LogP contribution in [0.2, 0.25) is 0 Å². The Labute approximate surface area is 155 Å². The Balaban J connectivity index is 1.56. The molecule has 1 N–H and O–H groups in total. The van der Waals surface area contributed by atoms with Gasteiger partial charge in [0.05, 0.1) is 12.7 Å². The maximum absolute atomic E-state index is 12.7. The zero-order valence-corrected chi connectivity index (χ0v) is 15.4. The molecule has 1 aromatic carbocycles. The van der Waals surface area contributed by atoms with Crippen LogP contribution in [0.5, 0.6) is 5.75 Å². The van der Waals surface area contributed by atoms with Crippen LogP contribution >= 0.6 is 0 Å². The van der Waals surface area contributed by atoms with E-state index < -0.39 is 0 Å². The van der Waals surface area contributed by atoms with Gasteiger partial charge in [0.2, 0.25) is 0 Å². The number of aromatic nitrogens is 5. The number of rotatable bonds is 5. The largest absolute Gasteiger partial charge is 0.497 e. The summed E-state index contributed by atoms with van der Waals surface area (Å²) in [6, 6.07) is 9.42. The molecule has 0 bridgehead atoms. The first-order valence-corrected chi connectivity index (χ1v) is 8.66. The first-order chi connectivity index (χ1) is 13.1. The average molecular weight is 364 g/mol. The number of aryl methyl sites for hydroxylation is 1. The molecule has 138 valence electrons. The molecule has 0 spiro atoms. The Bertz CT molecular complexity index is 1130. The molecule has 1 amide bonds. The molecule has 0 aliphatic heterocycles. The summed E-state index contributed by atoms with van der Waals surface area (Å²) in [6.07, 6.45) is 4.50. The number of nitrogens with zero attached hydrogens (tertiary/aromatic N) is 5. The van der Waals surface area contributed by atoms with Crippen molar-refractivity contribution in [2.45, 2.75) is 19.4 Å². The summed E-state index contributed by atoms with van der Waals surface area (Å²) in [6.45, 7) is 1.99. The van der Waals surface area contributed by atoms with E-state index in [1.165, 1.54) is 4.52 Å². The van der Waals surface area contributed by atoms with Crippen molar-refractivity contribution in [1.82, 2.24) is 29.9 Å². The fourth-order valence-electron chi connectivity index (χ4n) is 3.37. The zero-order valence-electron chi connectivity index (χ0n) is 15.4. The Morgan fingerprint density at radius 1 is 1.33 bits per heavy atom. The van der Waals surface area contributed by atoms with Gasteiger partial charge in [-0.25, -0.2) is 0 Å². The standard InChI is InChI=1S/C19H20N6O2/c1-12(20-19(26)15-5-4-8-25-18(15)21-22-23-25)9-13-11-24(2)17-7-6-14(27-3)10-16(13)17/h4-8,10-12H,9H2,1-3H3,(H,20,26)/t12-/m0/s1. The normalized spacial score (nSPS) is 12.4. The van der Waals surface area contributed by atoms with E-state index in [2.05, 4.69) is 31.6 Å². The van der Waals surface area contributed by atoms with Crippen molar-refractivity contribution in [3.63, 3.8) is 0 Å². The molecule has 0 saturated heterocycles. The Morgan fingerprint density at radius 2 is 2.19 bits per heavy atom. The highest BCUT2D eigenvalue weighted by Gasteiger charge is 2.17. The molecule has 0 fully saturated rings. The predicted molar refractivity (Wildman–Crippen MR) is 101 cm³/mol. The number of methoxy groups -OCH3 is 1. The first-order valence-electron chi connectivity index (χ1n) is 8.66. The van der Waals surface area contributed by atoms with Gasteiger partial charge >= 0.3 is 0 Å². The molecule has 8 heteroatoms. The highest BCUT2D eigenvalue weighted by molar-refractivity contribution is 5.99. The van der Waals surface area contributed by atoms with Crippen molar-refractivity contribution in [1.29, 1.82) is 0 Å². The van der Waals surface area contributed by atoms with Gasteiger partial charge in [-0.1, -0.05) is 0 Å². The second kappa shape index (κ2) is 6.71. The minimum atomic E-state index is -0.194. The number of nitrogens with one attached hydrogen (secondary N) is 1. The van der Waals surface area contributed by atoms with Crippen LogP contribution in [-0.2, 0) is 13.5 Å². The minimum absolute atomic E-state index is 0.0644. The molecule has 0 saturated carbocycles. The number of tetrazole rings is 1. The van der Waals surface area contributed by atoms with E-state index in [0.29, 0.717) is 17.6 Å². The van der Waals surface area contributed by atoms with Gasteiger partial charge in [-0.15, -0.1) is 5.10 Å². The number of hydrogen-bond acceptors (Lipinski definition) is 5. The van der Waals surface area contributed by atoms with Gasteiger partial charge in [0.25, 0.3) is 5.91 Å². The fourth-order valence-corrected chi connectivity index (χ4v) is 3.37. The van der Waals surface area contributed by atoms with Crippen LogP contribution in [0.25, 0.3) is 16.6 Å². The first kappa shape index (κ1) is 17.0. The fraction of sp³-hybridized carbons (Fsp3) is 0.263. The Kier molecular flexibility index (Phi) is 4.23. The van der Waals surface area contributed by atoms with Crippen LogP contribution in [-0.4, -0.2) is 43.7 Å². The second-order valence-electron chi connectivity index (χ2n) is 6.60. The molecule has 8 nitrogen and oxygen atoms in total. The van der Waals surface area contributed by atoms with Crippen molar-refractivity contribution in [3.8, 4) is 5.75 Å².